The third-order valence-electron chi connectivity index (χ3n) is 6.06. The van der Waals surface area contributed by atoms with Crippen molar-refractivity contribution >= 4 is 37.8 Å². The Morgan fingerprint density at radius 3 is 2.80 bits per heavy atom. The Balaban J connectivity index is 1.32. The molecule has 1 atom stereocenters. The summed E-state index contributed by atoms with van der Waals surface area (Å²) in [5, 5.41) is 13.1. The lowest BCUT2D eigenvalue weighted by molar-refractivity contribution is -0.00195. The predicted molar refractivity (Wildman–Crippen MR) is 139 cm³/mol. The molecule has 1 aliphatic rings. The number of benzene rings is 2. The van der Waals surface area contributed by atoms with Crippen molar-refractivity contribution in [1.29, 1.82) is 0 Å². The van der Waals surface area contributed by atoms with Crippen molar-refractivity contribution in [2.45, 2.75) is 25.9 Å². The zero-order chi connectivity index (χ0) is 24.4. The summed E-state index contributed by atoms with van der Waals surface area (Å²) in [5.74, 6) is -0.0691. The fourth-order valence-corrected chi connectivity index (χ4v) is 4.89. The van der Waals surface area contributed by atoms with Crippen molar-refractivity contribution in [1.82, 2.24) is 29.7 Å². The van der Waals surface area contributed by atoms with Crippen LogP contribution in [0, 0.1) is 6.92 Å². The highest BCUT2D eigenvalue weighted by atomic mass is 79.9. The van der Waals surface area contributed by atoms with E-state index in [2.05, 4.69) is 47.3 Å². The molecule has 0 saturated carbocycles. The minimum Gasteiger partial charge on any atom is -0.377 e. The van der Waals surface area contributed by atoms with Crippen molar-refractivity contribution in [3.05, 3.63) is 92.4 Å². The molecule has 8 nitrogen and oxygen atoms in total. The second kappa shape index (κ2) is 10.4. The highest BCUT2D eigenvalue weighted by Gasteiger charge is 2.31. The molecular weight excluding hydrogens is 576 g/mol. The largest absolute Gasteiger partial charge is 0.377 e. The van der Waals surface area contributed by atoms with Gasteiger partial charge in [0.1, 0.15) is 4.60 Å². The van der Waals surface area contributed by atoms with Crippen LogP contribution < -0.4 is 0 Å². The van der Waals surface area contributed by atoms with Crippen LogP contribution in [0.4, 0.5) is 0 Å². The number of carbonyl (C=O) groups is 1. The molecular formula is C25H24Br2N6O2. The number of ether oxygens (including phenoxy) is 1. The van der Waals surface area contributed by atoms with Crippen LogP contribution >= 0.6 is 31.9 Å². The summed E-state index contributed by atoms with van der Waals surface area (Å²) < 4.78 is 11.0. The van der Waals surface area contributed by atoms with Crippen LogP contribution in [0.2, 0.25) is 0 Å². The molecule has 2 aromatic heterocycles. The fraction of sp³-hybridized carbons (Fsp3) is 0.280. The summed E-state index contributed by atoms with van der Waals surface area (Å²) >= 11 is 7.12. The average Bonchev–Trinajstić information content (AvgIpc) is 3.48. The number of carbonyl (C=O) groups excluding carboxylic acids is 1. The van der Waals surface area contributed by atoms with Gasteiger partial charge in [-0.2, -0.15) is 5.10 Å². The molecule has 1 unspecified atom stereocenters. The lowest BCUT2D eigenvalue weighted by atomic mass is 10.1. The van der Waals surface area contributed by atoms with E-state index in [4.69, 9.17) is 4.74 Å². The van der Waals surface area contributed by atoms with E-state index in [1.54, 1.807) is 15.6 Å². The number of aryl methyl sites for hydroxylation is 1. The normalized spacial score (nSPS) is 16.0. The number of hydrogen-bond donors (Lipinski definition) is 0. The number of halogens is 2. The molecule has 2 aromatic carbocycles. The van der Waals surface area contributed by atoms with E-state index in [9.17, 15) is 4.79 Å². The summed E-state index contributed by atoms with van der Waals surface area (Å²) in [6.45, 7) is 4.09. The summed E-state index contributed by atoms with van der Waals surface area (Å²) in [5.41, 5.74) is 4.52. The van der Waals surface area contributed by atoms with Crippen molar-refractivity contribution in [3.63, 3.8) is 0 Å². The number of nitrogens with zero attached hydrogens (tertiary/aromatic N) is 6. The summed E-state index contributed by atoms with van der Waals surface area (Å²) in [4.78, 5) is 15.4. The lowest BCUT2D eigenvalue weighted by Gasteiger charge is -2.35. The first-order valence-electron chi connectivity index (χ1n) is 11.3. The van der Waals surface area contributed by atoms with Crippen LogP contribution in [0.25, 0.3) is 5.69 Å². The Kier molecular flexibility index (Phi) is 7.12. The Bertz CT molecular complexity index is 1340. The third-order valence-corrected chi connectivity index (χ3v) is 7.79. The van der Waals surface area contributed by atoms with Crippen LogP contribution in [0.1, 0.15) is 27.2 Å². The maximum atomic E-state index is 13.5. The Morgan fingerprint density at radius 1 is 1.17 bits per heavy atom. The molecule has 35 heavy (non-hydrogen) atoms. The van der Waals surface area contributed by atoms with Gasteiger partial charge in [0.15, 0.2) is 0 Å². The van der Waals surface area contributed by atoms with Gasteiger partial charge in [-0.25, -0.2) is 4.68 Å². The molecule has 1 amide bonds. The molecule has 180 valence electrons. The second-order valence-corrected chi connectivity index (χ2v) is 10.1. The number of hydrogen-bond acceptors (Lipinski definition) is 5. The van der Waals surface area contributed by atoms with Crippen LogP contribution in [-0.2, 0) is 17.7 Å². The van der Waals surface area contributed by atoms with E-state index >= 15 is 0 Å². The molecule has 0 N–H and O–H groups in total. The first kappa shape index (κ1) is 23.9. The molecule has 4 aromatic rings. The van der Waals surface area contributed by atoms with E-state index in [-0.39, 0.29) is 11.9 Å². The SMILES string of the molecule is Cc1cc(-n2cc(CC3COCCN3C(=O)c3cnn(Cc4ccccc4)c3Br)nn2)ccc1Br. The van der Waals surface area contributed by atoms with Gasteiger partial charge in [-0.3, -0.25) is 9.48 Å². The van der Waals surface area contributed by atoms with E-state index in [0.29, 0.717) is 42.9 Å². The van der Waals surface area contributed by atoms with E-state index in [1.165, 1.54) is 0 Å². The van der Waals surface area contributed by atoms with Gasteiger partial charge < -0.3 is 9.64 Å². The topological polar surface area (TPSA) is 78.1 Å². The molecule has 5 rings (SSSR count). The van der Waals surface area contributed by atoms with Crippen molar-refractivity contribution in [2.24, 2.45) is 0 Å². The fourth-order valence-electron chi connectivity index (χ4n) is 4.16. The number of aromatic nitrogens is 5. The van der Waals surface area contributed by atoms with Gasteiger partial charge in [0.2, 0.25) is 0 Å². The van der Waals surface area contributed by atoms with Crippen molar-refractivity contribution in [2.75, 3.05) is 19.8 Å². The third kappa shape index (κ3) is 5.24. The van der Waals surface area contributed by atoms with Gasteiger partial charge in [-0.1, -0.05) is 51.5 Å². The van der Waals surface area contributed by atoms with Gasteiger partial charge in [0.05, 0.1) is 55.1 Å². The number of rotatable bonds is 6. The van der Waals surface area contributed by atoms with Crippen LogP contribution in [0.5, 0.6) is 0 Å². The molecule has 1 aliphatic heterocycles. The van der Waals surface area contributed by atoms with Gasteiger partial charge in [0, 0.05) is 17.4 Å². The smallest absolute Gasteiger partial charge is 0.258 e. The monoisotopic (exact) mass is 598 g/mol. The highest BCUT2D eigenvalue weighted by Crippen LogP contribution is 2.23. The Labute approximate surface area is 220 Å². The van der Waals surface area contributed by atoms with Gasteiger partial charge >= 0.3 is 0 Å². The van der Waals surface area contributed by atoms with Crippen LogP contribution in [0.15, 0.2) is 70.0 Å². The van der Waals surface area contributed by atoms with Crippen LogP contribution in [-0.4, -0.2) is 61.4 Å². The quantitative estimate of drug-likeness (QED) is 0.328. The minimum absolute atomic E-state index is 0.0691. The van der Waals surface area contributed by atoms with Crippen molar-refractivity contribution in [3.8, 4) is 5.69 Å². The van der Waals surface area contributed by atoms with Gasteiger partial charge in [-0.15, -0.1) is 5.10 Å². The molecule has 10 heteroatoms. The molecule has 0 aliphatic carbocycles. The molecule has 0 bridgehead atoms. The zero-order valence-corrected chi connectivity index (χ0v) is 22.3. The number of amides is 1. The van der Waals surface area contributed by atoms with E-state index < -0.39 is 0 Å². The first-order valence-corrected chi connectivity index (χ1v) is 12.9. The second-order valence-electron chi connectivity index (χ2n) is 8.51. The van der Waals surface area contributed by atoms with Gasteiger partial charge in [0.25, 0.3) is 5.91 Å². The molecule has 0 spiro atoms. The van der Waals surface area contributed by atoms with E-state index in [0.717, 1.165) is 27.0 Å². The first-order chi connectivity index (χ1) is 17.0. The molecule has 1 fully saturated rings. The molecule has 3 heterocycles. The Hall–Kier alpha value is -2.82. The van der Waals surface area contributed by atoms with Crippen LogP contribution in [0.3, 0.4) is 0 Å². The maximum absolute atomic E-state index is 13.5. The number of morpholine rings is 1. The molecule has 0 radical (unpaired) electrons. The predicted octanol–water partition coefficient (Wildman–Crippen LogP) is 4.43. The zero-order valence-electron chi connectivity index (χ0n) is 19.1. The van der Waals surface area contributed by atoms with Gasteiger partial charge in [-0.05, 0) is 52.2 Å². The minimum atomic E-state index is -0.141. The van der Waals surface area contributed by atoms with E-state index in [1.807, 2.05) is 66.6 Å². The lowest BCUT2D eigenvalue weighted by Crippen LogP contribution is -2.49. The summed E-state index contributed by atoms with van der Waals surface area (Å²) in [6.07, 6.45) is 4.10. The summed E-state index contributed by atoms with van der Waals surface area (Å²) in [6, 6.07) is 15.9. The molecule has 1 saturated heterocycles. The summed E-state index contributed by atoms with van der Waals surface area (Å²) in [7, 11) is 0. The average molecular weight is 600 g/mol. The van der Waals surface area contributed by atoms with Crippen molar-refractivity contribution < 1.29 is 9.53 Å². The highest BCUT2D eigenvalue weighted by molar-refractivity contribution is 9.10. The Morgan fingerprint density at radius 2 is 2.00 bits per heavy atom. The maximum Gasteiger partial charge on any atom is 0.258 e. The standard InChI is InChI=1S/C25H24Br2N6O2/c1-17-11-20(7-8-23(17)26)32-15-19(29-30-32)12-21-16-35-10-9-31(21)25(34)22-13-28-33(24(22)27)14-18-5-3-2-4-6-18/h2-8,11,13,15,21H,9-10,12,14,16H2,1H3.